The minimum Gasteiger partial charge on any atom is -0.481 e. The summed E-state index contributed by atoms with van der Waals surface area (Å²) < 4.78 is 20.6. The number of benzene rings is 1. The Bertz CT molecular complexity index is 1590. The molecule has 0 bridgehead atoms. The van der Waals surface area contributed by atoms with Crippen molar-refractivity contribution in [3.8, 4) is 0 Å². The molecule has 5 aliphatic rings. The molecule has 6 rings (SSSR count). The molecule has 10 atom stereocenters. The molecule has 10 unspecified atom stereocenters. The second-order valence-electron chi connectivity index (χ2n) is 18.4. The standard InChI is InChI=1S/C42H59ClFNO6/c1-23(2)35-30(46)19-42(33(47)22-45-21-25-9-8-10-29(43)37(25)44)18-14-28-26(36(35)42)11-12-32-40(6)17-15-31(24(3)27(40)13-16-41(28,32)7)51-34(48)20-39(4,5)38(49)50/h8-10,23-24,26-28,31-33,45,47H,11-22H2,1-7H3,(H,49,50). The number of ketones is 1. The Morgan fingerprint density at radius 3 is 2.41 bits per heavy atom. The van der Waals surface area contributed by atoms with E-state index in [1.54, 1.807) is 26.0 Å². The van der Waals surface area contributed by atoms with Crippen molar-refractivity contribution in [2.24, 2.45) is 57.2 Å². The summed E-state index contributed by atoms with van der Waals surface area (Å²) in [6.07, 6.45) is 6.92. The van der Waals surface area contributed by atoms with Crippen molar-refractivity contribution >= 4 is 29.3 Å². The molecule has 0 spiro atoms. The smallest absolute Gasteiger partial charge is 0.309 e. The molecule has 0 heterocycles. The Hall–Kier alpha value is -2.29. The van der Waals surface area contributed by atoms with Gasteiger partial charge in [-0.25, -0.2) is 4.39 Å². The van der Waals surface area contributed by atoms with Gasteiger partial charge in [0.05, 0.1) is 23.0 Å². The molecular weight excluding hydrogens is 669 g/mol. The monoisotopic (exact) mass is 727 g/mol. The Morgan fingerprint density at radius 1 is 1.06 bits per heavy atom. The number of nitrogens with one attached hydrogen (secondary N) is 1. The van der Waals surface area contributed by atoms with Crippen LogP contribution in [0.25, 0.3) is 0 Å². The van der Waals surface area contributed by atoms with E-state index in [1.807, 2.05) is 0 Å². The molecule has 1 aromatic carbocycles. The van der Waals surface area contributed by atoms with E-state index in [2.05, 4.69) is 39.9 Å². The second-order valence-corrected chi connectivity index (χ2v) is 18.8. The van der Waals surface area contributed by atoms with Crippen LogP contribution in [0.3, 0.4) is 0 Å². The maximum absolute atomic E-state index is 14.6. The van der Waals surface area contributed by atoms with Crippen molar-refractivity contribution in [3.63, 3.8) is 0 Å². The predicted octanol–water partition coefficient (Wildman–Crippen LogP) is 8.54. The van der Waals surface area contributed by atoms with Crippen LogP contribution in [0.15, 0.2) is 29.3 Å². The molecule has 7 nitrogen and oxygen atoms in total. The Balaban J connectivity index is 1.21. The number of carboxylic acid groups (broad SMARTS) is 1. The van der Waals surface area contributed by atoms with Crippen LogP contribution in [0.1, 0.15) is 118 Å². The van der Waals surface area contributed by atoms with Gasteiger partial charge >= 0.3 is 11.9 Å². The molecule has 1 aromatic rings. The SMILES string of the molecule is CC(C)C1=C2C3CCC4C(C)(CCC5C(C)C(OC(=O)CC(C)(C)C(=O)O)CCC54C)C3CCC2(C(O)CNCc2cccc(Cl)c2F)CC1=O. The van der Waals surface area contributed by atoms with E-state index in [9.17, 15) is 29.0 Å². The summed E-state index contributed by atoms with van der Waals surface area (Å²) in [5.74, 6) is 0.141. The lowest BCUT2D eigenvalue weighted by atomic mass is 9.38. The van der Waals surface area contributed by atoms with Gasteiger partial charge in [0.1, 0.15) is 11.9 Å². The molecule has 0 amide bonds. The number of carbonyl (C=O) groups is 3. The van der Waals surface area contributed by atoms with Gasteiger partial charge in [-0.15, -0.1) is 0 Å². The number of aliphatic hydroxyl groups excluding tert-OH is 1. The van der Waals surface area contributed by atoms with E-state index in [4.69, 9.17) is 16.3 Å². The Morgan fingerprint density at radius 2 is 1.73 bits per heavy atom. The number of ether oxygens (including phenoxy) is 1. The number of carbonyl (C=O) groups excluding carboxylic acids is 2. The maximum Gasteiger partial charge on any atom is 0.309 e. The molecule has 0 aromatic heterocycles. The van der Waals surface area contributed by atoms with Gasteiger partial charge in [0.25, 0.3) is 0 Å². The van der Waals surface area contributed by atoms with Crippen LogP contribution in [-0.4, -0.2) is 46.7 Å². The van der Waals surface area contributed by atoms with Gasteiger partial charge in [0.2, 0.25) is 0 Å². The van der Waals surface area contributed by atoms with Crippen molar-refractivity contribution in [3.05, 3.63) is 45.7 Å². The number of aliphatic carboxylic acids is 1. The van der Waals surface area contributed by atoms with Crippen molar-refractivity contribution in [2.75, 3.05) is 6.54 Å². The highest BCUT2D eigenvalue weighted by molar-refractivity contribution is 6.30. The quantitative estimate of drug-likeness (QED) is 0.207. The first-order chi connectivity index (χ1) is 23.9. The molecule has 0 saturated heterocycles. The third kappa shape index (κ3) is 6.41. The van der Waals surface area contributed by atoms with Gasteiger partial charge in [-0.1, -0.05) is 63.9 Å². The number of fused-ring (bicyclic) bond motifs is 7. The summed E-state index contributed by atoms with van der Waals surface area (Å²) in [6, 6.07) is 4.95. The number of hydrogen-bond donors (Lipinski definition) is 3. The number of hydrogen-bond acceptors (Lipinski definition) is 6. The van der Waals surface area contributed by atoms with Gasteiger partial charge in [-0.05, 0) is 123 Å². The molecule has 3 N–H and O–H groups in total. The molecule has 0 radical (unpaired) electrons. The summed E-state index contributed by atoms with van der Waals surface area (Å²) in [5.41, 5.74) is 1.03. The zero-order valence-corrected chi connectivity index (χ0v) is 32.4. The third-order valence-electron chi connectivity index (χ3n) is 14.9. The second kappa shape index (κ2) is 13.8. The lowest BCUT2D eigenvalue weighted by Gasteiger charge is -2.67. The summed E-state index contributed by atoms with van der Waals surface area (Å²) in [5, 5.41) is 24.9. The van der Waals surface area contributed by atoms with Crippen molar-refractivity contribution in [1.29, 1.82) is 0 Å². The summed E-state index contributed by atoms with van der Waals surface area (Å²) in [6.45, 7) is 15.1. The van der Waals surface area contributed by atoms with Crippen LogP contribution in [-0.2, 0) is 25.7 Å². The third-order valence-corrected chi connectivity index (χ3v) is 15.2. The lowest BCUT2D eigenvalue weighted by Crippen LogP contribution is -2.61. The zero-order valence-electron chi connectivity index (χ0n) is 31.6. The molecule has 4 fully saturated rings. The van der Waals surface area contributed by atoms with Crippen LogP contribution in [0.4, 0.5) is 4.39 Å². The Kier molecular flexibility index (Phi) is 10.4. The fourth-order valence-corrected chi connectivity index (χ4v) is 12.6. The molecule has 282 valence electrons. The van der Waals surface area contributed by atoms with Crippen molar-refractivity contribution < 1.29 is 33.7 Å². The van der Waals surface area contributed by atoms with Gasteiger partial charge in [-0.2, -0.15) is 0 Å². The van der Waals surface area contributed by atoms with Crippen LogP contribution in [0, 0.1) is 63.0 Å². The van der Waals surface area contributed by atoms with Gasteiger partial charge in [0, 0.05) is 30.5 Å². The van der Waals surface area contributed by atoms with E-state index >= 15 is 0 Å². The number of Topliss-reactive ketones (excluding diaryl/α,β-unsaturated/α-hetero) is 1. The van der Waals surface area contributed by atoms with Gasteiger partial charge < -0.3 is 20.3 Å². The van der Waals surface area contributed by atoms with E-state index < -0.39 is 34.7 Å². The molecule has 0 aliphatic heterocycles. The van der Waals surface area contributed by atoms with E-state index in [0.29, 0.717) is 29.7 Å². The van der Waals surface area contributed by atoms with Crippen molar-refractivity contribution in [2.45, 2.75) is 131 Å². The van der Waals surface area contributed by atoms with Crippen LogP contribution in [0.2, 0.25) is 5.02 Å². The van der Waals surface area contributed by atoms with Crippen LogP contribution in [0.5, 0.6) is 0 Å². The molecule has 4 saturated carbocycles. The highest BCUT2D eigenvalue weighted by Crippen LogP contribution is 2.72. The minimum atomic E-state index is -1.16. The summed E-state index contributed by atoms with van der Waals surface area (Å²) >= 11 is 6.01. The first-order valence-electron chi connectivity index (χ1n) is 19.4. The number of esters is 1. The number of halogens is 2. The number of carboxylic acids is 1. The number of rotatable bonds is 10. The average molecular weight is 728 g/mol. The van der Waals surface area contributed by atoms with E-state index in [1.165, 1.54) is 11.6 Å². The minimum absolute atomic E-state index is 0.0764. The van der Waals surface area contributed by atoms with Crippen molar-refractivity contribution in [1.82, 2.24) is 5.32 Å². The fraction of sp³-hybridized carbons (Fsp3) is 0.738. The highest BCUT2D eigenvalue weighted by atomic mass is 35.5. The lowest BCUT2D eigenvalue weighted by molar-refractivity contribution is -0.193. The van der Waals surface area contributed by atoms with E-state index in [-0.39, 0.29) is 65.0 Å². The fourth-order valence-electron chi connectivity index (χ4n) is 12.4. The average Bonchev–Trinajstić information content (AvgIpc) is 3.37. The highest BCUT2D eigenvalue weighted by Gasteiger charge is 2.65. The Labute approximate surface area is 308 Å². The molecule has 51 heavy (non-hydrogen) atoms. The number of allylic oxidation sites excluding steroid dienone is 1. The molecular formula is C42H59ClFNO6. The number of aliphatic hydroxyl groups is 1. The maximum atomic E-state index is 14.6. The largest absolute Gasteiger partial charge is 0.481 e. The topological polar surface area (TPSA) is 113 Å². The summed E-state index contributed by atoms with van der Waals surface area (Å²) in [7, 11) is 0. The molecule has 9 heteroatoms. The zero-order chi connectivity index (χ0) is 37.3. The van der Waals surface area contributed by atoms with E-state index in [0.717, 1.165) is 56.9 Å². The molecule has 5 aliphatic carbocycles. The predicted molar refractivity (Wildman–Crippen MR) is 195 cm³/mol. The first-order valence-corrected chi connectivity index (χ1v) is 19.8. The summed E-state index contributed by atoms with van der Waals surface area (Å²) in [4.78, 5) is 38.4. The van der Waals surface area contributed by atoms with Gasteiger partial charge in [0.15, 0.2) is 5.78 Å². The van der Waals surface area contributed by atoms with Gasteiger partial charge in [-0.3, -0.25) is 14.4 Å². The van der Waals surface area contributed by atoms with Crippen LogP contribution >= 0.6 is 11.6 Å². The normalized spacial score (nSPS) is 37.0. The first kappa shape index (κ1) is 38.4. The van der Waals surface area contributed by atoms with Crippen LogP contribution < -0.4 is 5.32 Å².